The second kappa shape index (κ2) is 6.00. The van der Waals surface area contributed by atoms with Gasteiger partial charge in [-0.3, -0.25) is 0 Å². The van der Waals surface area contributed by atoms with Gasteiger partial charge in [-0.05, 0) is 30.3 Å². The van der Waals surface area contributed by atoms with E-state index in [1.807, 2.05) is 0 Å². The molecule has 8 heteroatoms. The Bertz CT molecular complexity index is 739. The molecule has 0 aliphatic rings. The summed E-state index contributed by atoms with van der Waals surface area (Å²) in [5.74, 6) is -0.160. The summed E-state index contributed by atoms with van der Waals surface area (Å²) in [5, 5.41) is 0.331. The first kappa shape index (κ1) is 15.7. The molecule has 0 heterocycles. The van der Waals surface area contributed by atoms with E-state index in [0.29, 0.717) is 0 Å². The van der Waals surface area contributed by atoms with Gasteiger partial charge in [0.2, 0.25) is 0 Å². The normalized spacial score (nSPS) is 11.4. The lowest BCUT2D eigenvalue weighted by Gasteiger charge is -2.11. The van der Waals surface area contributed by atoms with Crippen molar-refractivity contribution < 1.29 is 12.6 Å². The third-order valence-corrected chi connectivity index (χ3v) is 4.81. The van der Waals surface area contributed by atoms with Gasteiger partial charge in [-0.2, -0.15) is 8.42 Å². The Morgan fingerprint density at radius 2 is 1.45 bits per heavy atom. The molecule has 2 aromatic rings. The largest absolute Gasteiger partial charge is 0.376 e. The monoisotopic (exact) mass is 370 g/mol. The van der Waals surface area contributed by atoms with E-state index in [-0.39, 0.29) is 30.7 Å². The summed E-state index contributed by atoms with van der Waals surface area (Å²) in [6.45, 7) is 0. The highest BCUT2D eigenvalue weighted by atomic mass is 35.5. The molecule has 0 saturated carbocycles. The van der Waals surface area contributed by atoms with E-state index >= 15 is 0 Å². The predicted octanol–water partition coefficient (Wildman–Crippen LogP) is 5.07. The number of halogens is 4. The van der Waals surface area contributed by atoms with Gasteiger partial charge in [-0.1, -0.05) is 52.5 Å². The fourth-order valence-electron chi connectivity index (χ4n) is 1.39. The molecule has 0 aliphatic carbocycles. The fraction of sp³-hybridized carbons (Fsp3) is 0. The minimum atomic E-state index is -4.20. The molecule has 0 saturated heterocycles. The molecule has 0 unspecified atom stereocenters. The molecule has 106 valence electrons. The third-order valence-electron chi connectivity index (χ3n) is 2.27. The Kier molecular flexibility index (Phi) is 4.72. The van der Waals surface area contributed by atoms with Crippen LogP contribution in [0.4, 0.5) is 0 Å². The van der Waals surface area contributed by atoms with E-state index < -0.39 is 10.1 Å². The van der Waals surface area contributed by atoms with Crippen LogP contribution in [-0.2, 0) is 10.1 Å². The van der Waals surface area contributed by atoms with Gasteiger partial charge in [0.1, 0.15) is 4.90 Å². The van der Waals surface area contributed by atoms with Crippen LogP contribution in [-0.4, -0.2) is 8.42 Å². The molecule has 2 rings (SSSR count). The molecule has 0 N–H and O–H groups in total. The first-order valence-corrected chi connectivity index (χ1v) is 8.07. The topological polar surface area (TPSA) is 43.4 Å². The summed E-state index contributed by atoms with van der Waals surface area (Å²) in [5.41, 5.74) is 0. The summed E-state index contributed by atoms with van der Waals surface area (Å²) in [7, 11) is -4.20. The van der Waals surface area contributed by atoms with Crippen LogP contribution in [0.15, 0.2) is 41.3 Å². The SMILES string of the molecule is O=S(=O)(Oc1c(Cl)cccc1Cl)c1cc(Cl)ccc1Cl. The smallest absolute Gasteiger partial charge is 0.340 e. The van der Waals surface area contributed by atoms with Crippen LogP contribution in [0.2, 0.25) is 20.1 Å². The zero-order valence-corrected chi connectivity index (χ0v) is 13.4. The molecule has 0 radical (unpaired) electrons. The van der Waals surface area contributed by atoms with Gasteiger partial charge in [-0.15, -0.1) is 0 Å². The average Bonchev–Trinajstić information content (AvgIpc) is 2.37. The van der Waals surface area contributed by atoms with Crippen LogP contribution in [0.5, 0.6) is 5.75 Å². The third kappa shape index (κ3) is 3.32. The lowest BCUT2D eigenvalue weighted by atomic mass is 10.3. The standard InChI is InChI=1S/C12H6Cl4O3S/c13-7-4-5-8(14)11(6-7)20(17,18)19-12-9(15)2-1-3-10(12)16/h1-6H. The zero-order chi connectivity index (χ0) is 14.9. The highest BCUT2D eigenvalue weighted by Crippen LogP contribution is 2.36. The van der Waals surface area contributed by atoms with Crippen molar-refractivity contribution in [2.45, 2.75) is 4.90 Å². The Hall–Kier alpha value is -0.650. The van der Waals surface area contributed by atoms with Crippen molar-refractivity contribution in [3.63, 3.8) is 0 Å². The second-order valence-corrected chi connectivity index (χ2v) is 6.84. The van der Waals surface area contributed by atoms with E-state index in [9.17, 15) is 8.42 Å². The predicted molar refractivity (Wildman–Crippen MR) is 80.7 cm³/mol. The first-order chi connectivity index (χ1) is 9.31. The van der Waals surface area contributed by atoms with Crippen LogP contribution in [0.1, 0.15) is 0 Å². The molecule has 0 aromatic heterocycles. The van der Waals surface area contributed by atoms with Crippen molar-refractivity contribution in [1.29, 1.82) is 0 Å². The molecule has 20 heavy (non-hydrogen) atoms. The van der Waals surface area contributed by atoms with Crippen molar-refractivity contribution in [2.24, 2.45) is 0 Å². The lowest BCUT2D eigenvalue weighted by Crippen LogP contribution is -2.11. The van der Waals surface area contributed by atoms with Crippen LogP contribution in [0, 0.1) is 0 Å². The van der Waals surface area contributed by atoms with Crippen LogP contribution < -0.4 is 4.18 Å². The summed E-state index contributed by atoms with van der Waals surface area (Å²) in [6.07, 6.45) is 0. The molecular weight excluding hydrogens is 366 g/mol. The summed E-state index contributed by atoms with van der Waals surface area (Å²) >= 11 is 23.3. The van der Waals surface area contributed by atoms with Gasteiger partial charge in [0.05, 0.1) is 15.1 Å². The van der Waals surface area contributed by atoms with Gasteiger partial charge in [0.25, 0.3) is 0 Å². The highest BCUT2D eigenvalue weighted by Gasteiger charge is 2.23. The minimum Gasteiger partial charge on any atom is -0.376 e. The van der Waals surface area contributed by atoms with Gasteiger partial charge < -0.3 is 4.18 Å². The number of para-hydroxylation sites is 1. The molecule has 3 nitrogen and oxygen atoms in total. The van der Waals surface area contributed by atoms with E-state index in [1.165, 1.54) is 30.3 Å². The van der Waals surface area contributed by atoms with Gasteiger partial charge >= 0.3 is 10.1 Å². The van der Waals surface area contributed by atoms with E-state index in [4.69, 9.17) is 50.6 Å². The van der Waals surface area contributed by atoms with Crippen molar-refractivity contribution >= 4 is 56.5 Å². The first-order valence-electron chi connectivity index (χ1n) is 5.15. The van der Waals surface area contributed by atoms with Crippen molar-refractivity contribution in [1.82, 2.24) is 0 Å². The fourth-order valence-corrected chi connectivity index (χ4v) is 3.66. The average molecular weight is 372 g/mol. The molecule has 0 aliphatic heterocycles. The van der Waals surface area contributed by atoms with Gasteiger partial charge in [0.15, 0.2) is 5.75 Å². The summed E-state index contributed by atoms with van der Waals surface area (Å²) in [6, 6.07) is 8.48. The Morgan fingerprint density at radius 3 is 2.05 bits per heavy atom. The molecule has 0 spiro atoms. The maximum Gasteiger partial charge on any atom is 0.340 e. The maximum absolute atomic E-state index is 12.2. The zero-order valence-electron chi connectivity index (χ0n) is 9.61. The molecule has 0 amide bonds. The minimum absolute atomic E-state index is 0.0161. The van der Waals surface area contributed by atoms with Gasteiger partial charge in [-0.25, -0.2) is 0 Å². The molecular formula is C12H6Cl4O3S. The van der Waals surface area contributed by atoms with Crippen LogP contribution >= 0.6 is 46.4 Å². The Balaban J connectivity index is 2.49. The summed E-state index contributed by atoms with van der Waals surface area (Å²) in [4.78, 5) is -0.261. The Labute approximate surface area is 136 Å². The molecule has 2 aromatic carbocycles. The molecule has 0 atom stereocenters. The summed E-state index contributed by atoms with van der Waals surface area (Å²) < 4.78 is 29.3. The quantitative estimate of drug-likeness (QED) is 0.707. The maximum atomic E-state index is 12.2. The lowest BCUT2D eigenvalue weighted by molar-refractivity contribution is 0.486. The van der Waals surface area contributed by atoms with E-state index in [2.05, 4.69) is 0 Å². The molecule has 0 bridgehead atoms. The van der Waals surface area contributed by atoms with Crippen molar-refractivity contribution in [3.05, 3.63) is 56.5 Å². The number of hydrogen-bond acceptors (Lipinski definition) is 3. The van der Waals surface area contributed by atoms with Crippen molar-refractivity contribution in [3.8, 4) is 5.75 Å². The highest BCUT2D eigenvalue weighted by molar-refractivity contribution is 7.87. The second-order valence-electron chi connectivity index (χ2n) is 3.66. The van der Waals surface area contributed by atoms with E-state index in [0.717, 1.165) is 0 Å². The number of benzene rings is 2. The van der Waals surface area contributed by atoms with Crippen molar-refractivity contribution in [2.75, 3.05) is 0 Å². The Morgan fingerprint density at radius 1 is 0.850 bits per heavy atom. The van der Waals surface area contributed by atoms with E-state index in [1.54, 1.807) is 6.07 Å². The molecule has 0 fully saturated rings. The van der Waals surface area contributed by atoms with Gasteiger partial charge in [0, 0.05) is 5.02 Å². The number of hydrogen-bond donors (Lipinski definition) is 0. The van der Waals surface area contributed by atoms with Crippen LogP contribution in [0.3, 0.4) is 0 Å². The van der Waals surface area contributed by atoms with Crippen LogP contribution in [0.25, 0.3) is 0 Å². The number of rotatable bonds is 3.